The zero-order valence-electron chi connectivity index (χ0n) is 19.0. The summed E-state index contributed by atoms with van der Waals surface area (Å²) in [6.45, 7) is 6.66. The molecular weight excluding hydrogens is 442 g/mol. The van der Waals surface area contributed by atoms with Crippen LogP contribution in [-0.2, 0) is 14.8 Å². The number of amides is 1. The molecule has 1 aliphatic carbocycles. The largest absolute Gasteiger partial charge is 0.368 e. The van der Waals surface area contributed by atoms with Crippen LogP contribution in [0, 0.1) is 5.92 Å². The molecule has 33 heavy (non-hydrogen) atoms. The molecule has 1 aromatic heterocycles. The fourth-order valence-electron chi connectivity index (χ4n) is 5.18. The minimum atomic E-state index is -3.70. The SMILES string of the molecule is CC1(NS(=O)(=O)c2cc(N3CCC(C(=O)N4CCC4)C3)c3onc(N4CCCC4)c3c2)CC1. The zero-order valence-corrected chi connectivity index (χ0v) is 19.9. The van der Waals surface area contributed by atoms with Gasteiger partial charge in [-0.1, -0.05) is 5.16 Å². The van der Waals surface area contributed by atoms with E-state index in [0.29, 0.717) is 30.2 Å². The number of hydrogen-bond donors (Lipinski definition) is 1. The van der Waals surface area contributed by atoms with Crippen LogP contribution in [0.3, 0.4) is 0 Å². The first-order valence-electron chi connectivity index (χ1n) is 12.1. The van der Waals surface area contributed by atoms with Gasteiger partial charge in [-0.2, -0.15) is 0 Å². The lowest BCUT2D eigenvalue weighted by molar-refractivity contribution is -0.138. The summed E-state index contributed by atoms with van der Waals surface area (Å²) in [7, 11) is -3.70. The molecule has 1 unspecified atom stereocenters. The molecule has 1 saturated carbocycles. The molecule has 1 N–H and O–H groups in total. The van der Waals surface area contributed by atoms with Crippen molar-refractivity contribution in [1.82, 2.24) is 14.8 Å². The van der Waals surface area contributed by atoms with Crippen LogP contribution >= 0.6 is 0 Å². The van der Waals surface area contributed by atoms with E-state index in [4.69, 9.17) is 4.52 Å². The third-order valence-electron chi connectivity index (χ3n) is 7.65. The Hall–Kier alpha value is -2.33. The van der Waals surface area contributed by atoms with Crippen LogP contribution in [0.5, 0.6) is 0 Å². The fraction of sp³-hybridized carbons (Fsp3) is 0.652. The number of nitrogens with zero attached hydrogens (tertiary/aromatic N) is 4. The molecule has 4 fully saturated rings. The van der Waals surface area contributed by atoms with Crippen molar-refractivity contribution in [3.8, 4) is 0 Å². The minimum absolute atomic E-state index is 0.0647. The van der Waals surface area contributed by atoms with Gasteiger partial charge in [-0.05, 0) is 57.6 Å². The normalized spacial score (nSPS) is 24.5. The lowest BCUT2D eigenvalue weighted by Gasteiger charge is -2.33. The van der Waals surface area contributed by atoms with E-state index in [-0.39, 0.29) is 22.3 Å². The number of rotatable bonds is 6. The Kier molecular flexibility index (Phi) is 4.88. The quantitative estimate of drug-likeness (QED) is 0.687. The Morgan fingerprint density at radius 2 is 1.85 bits per heavy atom. The second-order valence-electron chi connectivity index (χ2n) is 10.3. The molecule has 4 aliphatic rings. The van der Waals surface area contributed by atoms with E-state index in [1.807, 2.05) is 11.8 Å². The number of carbonyl (C=O) groups excluding carboxylic acids is 1. The van der Waals surface area contributed by atoms with Crippen molar-refractivity contribution >= 4 is 38.4 Å². The number of anilines is 2. The van der Waals surface area contributed by atoms with Gasteiger partial charge in [0.2, 0.25) is 15.9 Å². The molecule has 10 heteroatoms. The first kappa shape index (κ1) is 21.2. The highest BCUT2D eigenvalue weighted by Crippen LogP contribution is 2.41. The van der Waals surface area contributed by atoms with E-state index >= 15 is 0 Å². The van der Waals surface area contributed by atoms with Gasteiger partial charge in [0.1, 0.15) is 0 Å². The lowest BCUT2D eigenvalue weighted by Crippen LogP contribution is -2.45. The third kappa shape index (κ3) is 3.77. The molecule has 3 saturated heterocycles. The summed E-state index contributed by atoms with van der Waals surface area (Å²) in [5, 5.41) is 5.09. The molecule has 9 nitrogen and oxygen atoms in total. The van der Waals surface area contributed by atoms with Gasteiger partial charge in [0, 0.05) is 44.8 Å². The molecular formula is C23H31N5O4S. The molecule has 178 valence electrons. The van der Waals surface area contributed by atoms with Crippen molar-refractivity contribution in [2.45, 2.75) is 55.9 Å². The van der Waals surface area contributed by atoms with E-state index in [1.165, 1.54) is 0 Å². The molecule has 1 aromatic carbocycles. The molecule has 1 atom stereocenters. The molecule has 4 heterocycles. The molecule has 0 bridgehead atoms. The summed E-state index contributed by atoms with van der Waals surface area (Å²) in [5.41, 5.74) is 0.958. The Labute approximate surface area is 194 Å². The maximum absolute atomic E-state index is 13.3. The van der Waals surface area contributed by atoms with Crippen LogP contribution in [0.15, 0.2) is 21.6 Å². The molecule has 2 aromatic rings. The number of fused-ring (bicyclic) bond motifs is 1. The number of benzene rings is 1. The van der Waals surface area contributed by atoms with Crippen LogP contribution in [0.2, 0.25) is 0 Å². The number of sulfonamides is 1. The maximum Gasteiger partial charge on any atom is 0.241 e. The Morgan fingerprint density at radius 1 is 1.09 bits per heavy atom. The van der Waals surface area contributed by atoms with Gasteiger partial charge in [0.05, 0.1) is 21.9 Å². The summed E-state index contributed by atoms with van der Waals surface area (Å²) in [5.74, 6) is 0.860. The van der Waals surface area contributed by atoms with Crippen molar-refractivity contribution in [2.24, 2.45) is 5.92 Å². The number of aromatic nitrogens is 1. The number of nitrogens with one attached hydrogen (secondary N) is 1. The highest BCUT2D eigenvalue weighted by atomic mass is 32.2. The summed E-state index contributed by atoms with van der Waals surface area (Å²) in [4.78, 5) is 19.2. The Balaban J connectivity index is 1.39. The monoisotopic (exact) mass is 473 g/mol. The van der Waals surface area contributed by atoms with Crippen molar-refractivity contribution < 1.29 is 17.7 Å². The highest BCUT2D eigenvalue weighted by molar-refractivity contribution is 7.89. The Bertz CT molecular complexity index is 1190. The fourth-order valence-corrected chi connectivity index (χ4v) is 6.69. The predicted octanol–water partition coefficient (Wildman–Crippen LogP) is 2.32. The summed E-state index contributed by atoms with van der Waals surface area (Å²) in [6.07, 6.45) is 5.71. The Morgan fingerprint density at radius 3 is 2.52 bits per heavy atom. The number of carbonyl (C=O) groups is 1. The van der Waals surface area contributed by atoms with Crippen LogP contribution in [0.25, 0.3) is 11.0 Å². The average molecular weight is 474 g/mol. The van der Waals surface area contributed by atoms with Crippen LogP contribution in [0.1, 0.15) is 45.4 Å². The molecule has 6 rings (SSSR count). The predicted molar refractivity (Wildman–Crippen MR) is 125 cm³/mol. The maximum atomic E-state index is 13.3. The smallest absolute Gasteiger partial charge is 0.241 e. The molecule has 3 aliphatic heterocycles. The number of hydrogen-bond acceptors (Lipinski definition) is 7. The second kappa shape index (κ2) is 7.59. The van der Waals surface area contributed by atoms with Gasteiger partial charge >= 0.3 is 0 Å². The van der Waals surface area contributed by atoms with Crippen molar-refractivity contribution in [2.75, 3.05) is 49.1 Å². The van der Waals surface area contributed by atoms with E-state index in [9.17, 15) is 13.2 Å². The van der Waals surface area contributed by atoms with E-state index in [0.717, 1.165) is 70.1 Å². The standard InChI is InChI=1S/C23H31N5O4S/c1-23(6-7-23)25-33(30,31)17-13-18-20(32-24-21(18)26-8-2-3-9-26)19(14-17)28-12-5-16(15-28)22(29)27-10-4-11-27/h13-14,16,25H,2-12,15H2,1H3. The van der Waals surface area contributed by atoms with Gasteiger partial charge in [-0.25, -0.2) is 13.1 Å². The lowest BCUT2D eigenvalue weighted by atomic mass is 10.0. The third-order valence-corrected chi connectivity index (χ3v) is 9.27. The first-order chi connectivity index (χ1) is 15.8. The molecule has 0 radical (unpaired) electrons. The minimum Gasteiger partial charge on any atom is -0.368 e. The topological polar surface area (TPSA) is 99.0 Å². The highest BCUT2D eigenvalue weighted by Gasteiger charge is 2.42. The van der Waals surface area contributed by atoms with Gasteiger partial charge in [-0.15, -0.1) is 0 Å². The van der Waals surface area contributed by atoms with Gasteiger partial charge in [-0.3, -0.25) is 4.79 Å². The van der Waals surface area contributed by atoms with Crippen molar-refractivity contribution in [3.05, 3.63) is 12.1 Å². The van der Waals surface area contributed by atoms with Crippen molar-refractivity contribution in [3.63, 3.8) is 0 Å². The average Bonchev–Trinajstić information content (AvgIpc) is 3.24. The van der Waals surface area contributed by atoms with Crippen LogP contribution in [0.4, 0.5) is 11.5 Å². The van der Waals surface area contributed by atoms with Gasteiger partial charge < -0.3 is 19.2 Å². The summed E-state index contributed by atoms with van der Waals surface area (Å²) >= 11 is 0. The van der Waals surface area contributed by atoms with Crippen molar-refractivity contribution in [1.29, 1.82) is 0 Å². The molecule has 0 spiro atoms. The van der Waals surface area contributed by atoms with Gasteiger partial charge in [0.15, 0.2) is 11.4 Å². The zero-order chi connectivity index (χ0) is 22.8. The van der Waals surface area contributed by atoms with E-state index in [2.05, 4.69) is 19.7 Å². The van der Waals surface area contributed by atoms with Crippen LogP contribution in [-0.4, -0.2) is 69.2 Å². The first-order valence-corrected chi connectivity index (χ1v) is 13.6. The van der Waals surface area contributed by atoms with Gasteiger partial charge in [0.25, 0.3) is 0 Å². The molecule has 1 amide bonds. The van der Waals surface area contributed by atoms with E-state index < -0.39 is 10.0 Å². The van der Waals surface area contributed by atoms with Crippen LogP contribution < -0.4 is 14.5 Å². The second-order valence-corrected chi connectivity index (χ2v) is 12.0. The number of likely N-dealkylation sites (tertiary alicyclic amines) is 1. The van der Waals surface area contributed by atoms with E-state index in [1.54, 1.807) is 12.1 Å². The summed E-state index contributed by atoms with van der Waals surface area (Å²) in [6, 6.07) is 3.40. The summed E-state index contributed by atoms with van der Waals surface area (Å²) < 4.78 is 35.3.